The van der Waals surface area contributed by atoms with Crippen molar-refractivity contribution in [2.75, 3.05) is 7.11 Å². The van der Waals surface area contributed by atoms with Crippen molar-refractivity contribution < 1.29 is 19.0 Å². The number of hydrogen-bond acceptors (Lipinski definition) is 4. The summed E-state index contributed by atoms with van der Waals surface area (Å²) in [5.41, 5.74) is 1.19. The molecule has 0 radical (unpaired) electrons. The zero-order chi connectivity index (χ0) is 18.7. The molecule has 136 valence electrons. The number of pyridine rings is 1. The second kappa shape index (κ2) is 7.66. The van der Waals surface area contributed by atoms with Crippen molar-refractivity contribution in [2.24, 2.45) is 0 Å². The number of nitrogens with zero attached hydrogens (tertiary/aromatic N) is 1. The van der Waals surface area contributed by atoms with Crippen molar-refractivity contribution in [1.82, 2.24) is 4.98 Å². The Morgan fingerprint density at radius 3 is 2.69 bits per heavy atom. The lowest BCUT2D eigenvalue weighted by atomic mass is 9.96. The number of methoxy groups -OCH3 is 1. The molecule has 1 aliphatic carbocycles. The standard InChI is InChI=1S/C19H16Cl2FNO3/c1-25-14-5-2-6-15(17(14)22)26-19(21)8-7-12(10-16(19)20)18(24)13-4-3-9-23-11-13/h2-7,9-11,18,24H,8H2,1H3. The van der Waals surface area contributed by atoms with Crippen LogP contribution in [0.15, 0.2) is 65.5 Å². The van der Waals surface area contributed by atoms with Crippen LogP contribution in [-0.2, 0) is 0 Å². The third kappa shape index (κ3) is 3.70. The SMILES string of the molecule is COc1cccc(OC2(Cl)CC=C(C(O)c3cccnc3)C=C2Cl)c1F. The highest BCUT2D eigenvalue weighted by molar-refractivity contribution is 6.39. The van der Waals surface area contributed by atoms with Crippen molar-refractivity contribution in [2.45, 2.75) is 17.6 Å². The van der Waals surface area contributed by atoms with Gasteiger partial charge in [0.25, 0.3) is 0 Å². The summed E-state index contributed by atoms with van der Waals surface area (Å²) in [6.45, 7) is 0. The fourth-order valence-electron chi connectivity index (χ4n) is 2.57. The van der Waals surface area contributed by atoms with Gasteiger partial charge in [0, 0.05) is 24.4 Å². The smallest absolute Gasteiger partial charge is 0.222 e. The van der Waals surface area contributed by atoms with E-state index >= 15 is 0 Å². The topological polar surface area (TPSA) is 51.6 Å². The van der Waals surface area contributed by atoms with E-state index in [4.69, 9.17) is 32.7 Å². The van der Waals surface area contributed by atoms with E-state index in [-0.39, 0.29) is 23.0 Å². The molecule has 3 rings (SSSR count). The third-order valence-corrected chi connectivity index (χ3v) is 4.93. The Labute approximate surface area is 160 Å². The molecule has 2 atom stereocenters. The van der Waals surface area contributed by atoms with Gasteiger partial charge in [0.15, 0.2) is 11.5 Å². The summed E-state index contributed by atoms with van der Waals surface area (Å²) in [6, 6.07) is 7.99. The highest BCUT2D eigenvalue weighted by atomic mass is 35.5. The predicted molar refractivity (Wildman–Crippen MR) is 98.0 cm³/mol. The molecule has 2 unspecified atom stereocenters. The quantitative estimate of drug-likeness (QED) is 0.743. The van der Waals surface area contributed by atoms with Gasteiger partial charge in [-0.15, -0.1) is 0 Å². The van der Waals surface area contributed by atoms with Gasteiger partial charge in [0.2, 0.25) is 10.9 Å². The van der Waals surface area contributed by atoms with Crippen molar-refractivity contribution in [3.8, 4) is 11.5 Å². The fourth-order valence-corrected chi connectivity index (χ4v) is 3.03. The molecule has 0 bridgehead atoms. The van der Waals surface area contributed by atoms with Gasteiger partial charge in [-0.1, -0.05) is 41.4 Å². The normalized spacial score (nSPS) is 20.8. The number of ether oxygens (including phenoxy) is 2. The van der Waals surface area contributed by atoms with Crippen LogP contribution >= 0.6 is 23.2 Å². The van der Waals surface area contributed by atoms with Crippen LogP contribution in [0.5, 0.6) is 11.5 Å². The summed E-state index contributed by atoms with van der Waals surface area (Å²) in [5, 5.41) is 9.14. The lowest BCUT2D eigenvalue weighted by Crippen LogP contribution is -2.32. The van der Waals surface area contributed by atoms with Gasteiger partial charge in [0.05, 0.1) is 12.1 Å². The number of benzene rings is 1. The molecule has 7 heteroatoms. The van der Waals surface area contributed by atoms with E-state index in [1.807, 2.05) is 0 Å². The maximum absolute atomic E-state index is 14.3. The Morgan fingerprint density at radius 1 is 1.27 bits per heavy atom. The van der Waals surface area contributed by atoms with Gasteiger partial charge in [-0.05, 0) is 29.8 Å². The number of aromatic nitrogens is 1. The van der Waals surface area contributed by atoms with Gasteiger partial charge >= 0.3 is 0 Å². The molecule has 1 aliphatic rings. The Kier molecular flexibility index (Phi) is 5.51. The molecule has 0 saturated carbocycles. The van der Waals surface area contributed by atoms with Crippen LogP contribution in [0.25, 0.3) is 0 Å². The lowest BCUT2D eigenvalue weighted by Gasteiger charge is -2.31. The van der Waals surface area contributed by atoms with Crippen LogP contribution in [-0.4, -0.2) is 22.3 Å². The predicted octanol–water partition coefficient (Wildman–Crippen LogP) is 4.73. The fraction of sp³-hybridized carbons (Fsp3) is 0.211. The molecule has 1 aromatic heterocycles. The van der Waals surface area contributed by atoms with E-state index < -0.39 is 17.0 Å². The summed E-state index contributed by atoms with van der Waals surface area (Å²) < 4.78 is 24.9. The number of alkyl halides is 1. The zero-order valence-electron chi connectivity index (χ0n) is 13.8. The zero-order valence-corrected chi connectivity index (χ0v) is 15.3. The van der Waals surface area contributed by atoms with Crippen molar-refractivity contribution in [3.63, 3.8) is 0 Å². The van der Waals surface area contributed by atoms with E-state index in [1.54, 1.807) is 36.7 Å². The lowest BCUT2D eigenvalue weighted by molar-refractivity contribution is 0.186. The summed E-state index contributed by atoms with van der Waals surface area (Å²) in [6.07, 6.45) is 5.66. The largest absolute Gasteiger partial charge is 0.494 e. The van der Waals surface area contributed by atoms with Gasteiger partial charge < -0.3 is 14.6 Å². The second-order valence-corrected chi connectivity index (χ2v) is 6.71. The molecule has 0 saturated heterocycles. The van der Waals surface area contributed by atoms with E-state index in [0.717, 1.165) is 0 Å². The Hall–Kier alpha value is -2.08. The van der Waals surface area contributed by atoms with Crippen molar-refractivity contribution >= 4 is 23.2 Å². The van der Waals surface area contributed by atoms with Gasteiger partial charge in [-0.2, -0.15) is 4.39 Å². The monoisotopic (exact) mass is 395 g/mol. The van der Waals surface area contributed by atoms with Gasteiger partial charge in [-0.25, -0.2) is 0 Å². The van der Waals surface area contributed by atoms with Gasteiger partial charge in [-0.3, -0.25) is 4.98 Å². The van der Waals surface area contributed by atoms with Crippen molar-refractivity contribution in [3.05, 3.63) is 76.9 Å². The molecule has 1 N–H and O–H groups in total. The number of aliphatic hydroxyl groups excluding tert-OH is 1. The van der Waals surface area contributed by atoms with Crippen LogP contribution in [0.1, 0.15) is 18.1 Å². The maximum Gasteiger partial charge on any atom is 0.222 e. The first-order valence-electron chi connectivity index (χ1n) is 7.81. The molecular weight excluding hydrogens is 380 g/mol. The summed E-state index contributed by atoms with van der Waals surface area (Å²) in [4.78, 5) is 3.98. The van der Waals surface area contributed by atoms with Crippen molar-refractivity contribution in [1.29, 1.82) is 0 Å². The number of hydrogen-bond donors (Lipinski definition) is 1. The van der Waals surface area contributed by atoms with Crippen LogP contribution in [0.4, 0.5) is 4.39 Å². The molecule has 4 nitrogen and oxygen atoms in total. The van der Waals surface area contributed by atoms with E-state index in [9.17, 15) is 9.50 Å². The first-order valence-corrected chi connectivity index (χ1v) is 8.56. The van der Waals surface area contributed by atoms with E-state index in [1.165, 1.54) is 25.3 Å². The molecule has 0 spiro atoms. The van der Waals surface area contributed by atoms with Crippen LogP contribution < -0.4 is 9.47 Å². The highest BCUT2D eigenvalue weighted by Gasteiger charge is 2.37. The van der Waals surface area contributed by atoms with Crippen LogP contribution in [0.2, 0.25) is 0 Å². The average Bonchev–Trinajstić information content (AvgIpc) is 2.66. The van der Waals surface area contributed by atoms with E-state index in [0.29, 0.717) is 11.1 Å². The van der Waals surface area contributed by atoms with Crippen LogP contribution in [0, 0.1) is 5.82 Å². The minimum atomic E-state index is -1.47. The number of halogens is 3. The highest BCUT2D eigenvalue weighted by Crippen LogP contribution is 2.42. The number of aliphatic hydroxyl groups is 1. The third-order valence-electron chi connectivity index (χ3n) is 3.99. The summed E-state index contributed by atoms with van der Waals surface area (Å²) in [5.74, 6) is -0.692. The molecule has 1 heterocycles. The van der Waals surface area contributed by atoms with Crippen LogP contribution in [0.3, 0.4) is 0 Å². The summed E-state index contributed by atoms with van der Waals surface area (Å²) in [7, 11) is 1.36. The average molecular weight is 396 g/mol. The minimum Gasteiger partial charge on any atom is -0.494 e. The first-order chi connectivity index (χ1) is 12.4. The Balaban J connectivity index is 1.82. The Morgan fingerprint density at radius 2 is 2.04 bits per heavy atom. The second-order valence-electron chi connectivity index (χ2n) is 5.69. The molecule has 2 aromatic rings. The number of rotatable bonds is 5. The first kappa shape index (κ1) is 18.7. The molecule has 0 aliphatic heterocycles. The molecule has 26 heavy (non-hydrogen) atoms. The Bertz CT molecular complexity index is 857. The van der Waals surface area contributed by atoms with E-state index in [2.05, 4.69) is 4.98 Å². The molecule has 1 aromatic carbocycles. The maximum atomic E-state index is 14.3. The molecule has 0 fully saturated rings. The van der Waals surface area contributed by atoms with Gasteiger partial charge in [0.1, 0.15) is 6.10 Å². The molecule has 0 amide bonds. The summed E-state index contributed by atoms with van der Waals surface area (Å²) >= 11 is 12.8. The molecular formula is C19H16Cl2FNO3. The minimum absolute atomic E-state index is 0.0434.